The number of hydrogen-bond donors (Lipinski definition) is 0. The first-order valence-corrected chi connectivity index (χ1v) is 6.80. The summed E-state index contributed by atoms with van der Waals surface area (Å²) in [5.74, 6) is -0.376. The van der Waals surface area contributed by atoms with Crippen molar-refractivity contribution in [2.45, 2.75) is 0 Å². The third kappa shape index (κ3) is 6.33. The fourth-order valence-electron chi connectivity index (χ4n) is 0.442. The van der Waals surface area contributed by atoms with Crippen LogP contribution in [0.1, 0.15) is 0 Å². The molecule has 0 fully saturated rings. The van der Waals surface area contributed by atoms with Crippen molar-refractivity contribution in [3.05, 3.63) is 12.7 Å². The molecule has 0 aliphatic carbocycles. The van der Waals surface area contributed by atoms with Crippen molar-refractivity contribution in [2.75, 3.05) is 10.8 Å². The predicted octanol–water partition coefficient (Wildman–Crippen LogP) is 0.113. The standard InChI is InChI=1S/C4H7ClO4S2/c1-2-3-10(6,7)4-11(5,8)9/h2H,1,3-4H2. The van der Waals surface area contributed by atoms with E-state index in [1.807, 2.05) is 0 Å². The molecule has 0 atom stereocenters. The summed E-state index contributed by atoms with van der Waals surface area (Å²) in [6.07, 6.45) is 1.11. The van der Waals surface area contributed by atoms with Gasteiger partial charge < -0.3 is 0 Å². The Morgan fingerprint density at radius 3 is 2.00 bits per heavy atom. The Morgan fingerprint density at radius 1 is 1.27 bits per heavy atom. The van der Waals surface area contributed by atoms with Gasteiger partial charge in [-0.2, -0.15) is 0 Å². The van der Waals surface area contributed by atoms with E-state index in [-0.39, 0.29) is 5.75 Å². The van der Waals surface area contributed by atoms with Crippen LogP contribution in [0.2, 0.25) is 0 Å². The Balaban J connectivity index is 4.52. The summed E-state index contributed by atoms with van der Waals surface area (Å²) in [4.78, 5) is 0. The first-order chi connectivity index (χ1) is 4.77. The molecule has 0 spiro atoms. The van der Waals surface area contributed by atoms with Crippen LogP contribution in [0.4, 0.5) is 0 Å². The van der Waals surface area contributed by atoms with E-state index in [2.05, 4.69) is 6.58 Å². The summed E-state index contributed by atoms with van der Waals surface area (Å²) in [7, 11) is -2.88. The first kappa shape index (κ1) is 10.9. The van der Waals surface area contributed by atoms with Gasteiger partial charge in [0.1, 0.15) is 0 Å². The molecule has 0 aliphatic rings. The zero-order valence-corrected chi connectivity index (χ0v) is 7.92. The van der Waals surface area contributed by atoms with E-state index >= 15 is 0 Å². The maximum atomic E-state index is 10.7. The predicted molar refractivity (Wildman–Crippen MR) is 43.6 cm³/mol. The lowest BCUT2D eigenvalue weighted by Gasteiger charge is -1.95. The molecule has 11 heavy (non-hydrogen) atoms. The Morgan fingerprint density at radius 2 is 1.73 bits per heavy atom. The van der Waals surface area contributed by atoms with E-state index in [0.29, 0.717) is 0 Å². The highest BCUT2D eigenvalue weighted by atomic mass is 35.7. The van der Waals surface area contributed by atoms with E-state index in [9.17, 15) is 16.8 Å². The SMILES string of the molecule is C=CCS(=O)(=O)CS(=O)(=O)Cl. The fourth-order valence-corrected chi connectivity index (χ4v) is 4.12. The highest BCUT2D eigenvalue weighted by molar-refractivity contribution is 8.21. The van der Waals surface area contributed by atoms with Crippen LogP contribution in [-0.4, -0.2) is 27.7 Å². The molecule has 0 aromatic carbocycles. The monoisotopic (exact) mass is 218 g/mol. The van der Waals surface area contributed by atoms with E-state index in [4.69, 9.17) is 10.7 Å². The van der Waals surface area contributed by atoms with Crippen LogP contribution in [0, 0.1) is 0 Å². The molecular formula is C4H7ClO4S2. The van der Waals surface area contributed by atoms with Crippen molar-refractivity contribution in [3.63, 3.8) is 0 Å². The Bertz CT molecular complexity index is 325. The topological polar surface area (TPSA) is 68.3 Å². The zero-order chi connectivity index (χ0) is 9.12. The highest BCUT2D eigenvalue weighted by Crippen LogP contribution is 2.02. The summed E-state index contributed by atoms with van der Waals surface area (Å²) in [5, 5.41) is -1.03. The minimum Gasteiger partial charge on any atom is -0.227 e. The molecule has 4 nitrogen and oxygen atoms in total. The van der Waals surface area contributed by atoms with Gasteiger partial charge in [0.2, 0.25) is 9.05 Å². The largest absolute Gasteiger partial charge is 0.247 e. The summed E-state index contributed by atoms with van der Waals surface area (Å²) in [6, 6.07) is 0. The molecule has 0 radical (unpaired) electrons. The third-order valence-electron chi connectivity index (χ3n) is 0.692. The average molecular weight is 219 g/mol. The molecule has 0 amide bonds. The summed E-state index contributed by atoms with van der Waals surface area (Å²) >= 11 is 0. The van der Waals surface area contributed by atoms with Gasteiger partial charge in [-0.15, -0.1) is 6.58 Å². The average Bonchev–Trinajstić information content (AvgIpc) is 1.55. The molecule has 0 saturated heterocycles. The number of halogens is 1. The Kier molecular flexibility index (Phi) is 3.53. The van der Waals surface area contributed by atoms with Crippen LogP contribution in [0.15, 0.2) is 12.7 Å². The van der Waals surface area contributed by atoms with Crippen LogP contribution >= 0.6 is 10.7 Å². The van der Waals surface area contributed by atoms with E-state index in [1.165, 1.54) is 0 Å². The lowest BCUT2D eigenvalue weighted by molar-refractivity contribution is 0.596. The van der Waals surface area contributed by atoms with Crippen molar-refractivity contribution >= 4 is 29.6 Å². The molecule has 0 saturated carbocycles. The van der Waals surface area contributed by atoms with Gasteiger partial charge in [0.05, 0.1) is 5.75 Å². The zero-order valence-electron chi connectivity index (χ0n) is 5.53. The van der Waals surface area contributed by atoms with Crippen LogP contribution < -0.4 is 0 Å². The molecule has 0 aromatic heterocycles. The molecule has 7 heteroatoms. The second-order valence-corrected chi connectivity index (χ2v) is 7.11. The Hall–Kier alpha value is -0.0700. The summed E-state index contributed by atoms with van der Waals surface area (Å²) < 4.78 is 42.0. The quantitative estimate of drug-likeness (QED) is 0.496. The molecule has 0 aliphatic heterocycles. The normalized spacial score (nSPS) is 12.8. The van der Waals surface area contributed by atoms with Gasteiger partial charge in [0.25, 0.3) is 0 Å². The Labute approximate surface area is 70.2 Å². The van der Waals surface area contributed by atoms with Crippen molar-refractivity contribution in [1.29, 1.82) is 0 Å². The molecule has 0 bridgehead atoms. The van der Waals surface area contributed by atoms with Gasteiger partial charge in [-0.3, -0.25) is 0 Å². The minimum absolute atomic E-state index is 0.376. The van der Waals surface area contributed by atoms with Gasteiger partial charge in [0.15, 0.2) is 14.9 Å². The fraction of sp³-hybridized carbons (Fsp3) is 0.500. The van der Waals surface area contributed by atoms with Crippen molar-refractivity contribution < 1.29 is 16.8 Å². The van der Waals surface area contributed by atoms with Gasteiger partial charge in [-0.05, 0) is 0 Å². The van der Waals surface area contributed by atoms with Crippen molar-refractivity contribution in [1.82, 2.24) is 0 Å². The molecule has 0 N–H and O–H groups in total. The summed E-state index contributed by atoms with van der Waals surface area (Å²) in [5.41, 5.74) is 0. The lowest BCUT2D eigenvalue weighted by Crippen LogP contribution is -2.14. The number of rotatable bonds is 4. The van der Waals surface area contributed by atoms with Gasteiger partial charge in [-0.1, -0.05) is 6.08 Å². The molecule has 66 valence electrons. The summed E-state index contributed by atoms with van der Waals surface area (Å²) in [6.45, 7) is 3.16. The van der Waals surface area contributed by atoms with Crippen LogP contribution in [0.3, 0.4) is 0 Å². The van der Waals surface area contributed by atoms with Crippen LogP contribution in [0.5, 0.6) is 0 Å². The van der Waals surface area contributed by atoms with E-state index in [1.54, 1.807) is 0 Å². The van der Waals surface area contributed by atoms with Crippen LogP contribution in [0.25, 0.3) is 0 Å². The lowest BCUT2D eigenvalue weighted by atomic mass is 10.8. The molecule has 0 rings (SSSR count). The molecule has 0 heterocycles. The van der Waals surface area contributed by atoms with Gasteiger partial charge in [0, 0.05) is 10.7 Å². The number of sulfone groups is 1. The smallest absolute Gasteiger partial charge is 0.227 e. The second kappa shape index (κ2) is 3.55. The molecular weight excluding hydrogens is 212 g/mol. The minimum atomic E-state index is -3.97. The molecule has 0 unspecified atom stereocenters. The maximum Gasteiger partial charge on any atom is 0.247 e. The van der Waals surface area contributed by atoms with Gasteiger partial charge in [-0.25, -0.2) is 16.8 Å². The third-order valence-corrected chi connectivity index (χ3v) is 4.80. The number of hydrogen-bond acceptors (Lipinski definition) is 4. The highest BCUT2D eigenvalue weighted by Gasteiger charge is 2.17. The second-order valence-electron chi connectivity index (χ2n) is 1.86. The van der Waals surface area contributed by atoms with Crippen molar-refractivity contribution in [2.24, 2.45) is 0 Å². The maximum absolute atomic E-state index is 10.7. The molecule has 0 aromatic rings. The van der Waals surface area contributed by atoms with Crippen molar-refractivity contribution in [3.8, 4) is 0 Å². The van der Waals surface area contributed by atoms with Crippen LogP contribution in [-0.2, 0) is 18.9 Å². The van der Waals surface area contributed by atoms with E-state index in [0.717, 1.165) is 6.08 Å². The van der Waals surface area contributed by atoms with E-state index < -0.39 is 24.0 Å². The first-order valence-electron chi connectivity index (χ1n) is 2.50. The van der Waals surface area contributed by atoms with Gasteiger partial charge >= 0.3 is 0 Å².